The molecular weight excluding hydrogens is 248 g/mol. The van der Waals surface area contributed by atoms with Crippen LogP contribution in [0.4, 0.5) is 0 Å². The molecule has 1 heterocycles. The SMILES string of the molecule is CC1CCCC(C)N1NCc1cccc(Cl)c1O. The summed E-state index contributed by atoms with van der Waals surface area (Å²) in [5.41, 5.74) is 4.26. The third-order valence-corrected chi connectivity index (χ3v) is 4.02. The predicted octanol–water partition coefficient (Wildman–Crippen LogP) is 3.31. The van der Waals surface area contributed by atoms with Crippen molar-refractivity contribution in [2.75, 3.05) is 0 Å². The summed E-state index contributed by atoms with van der Waals surface area (Å²) in [6.07, 6.45) is 3.74. The number of para-hydroxylation sites is 1. The Balaban J connectivity index is 2.00. The van der Waals surface area contributed by atoms with Gasteiger partial charge in [-0.05, 0) is 32.8 Å². The van der Waals surface area contributed by atoms with Gasteiger partial charge in [0.05, 0.1) is 5.02 Å². The maximum absolute atomic E-state index is 9.87. The van der Waals surface area contributed by atoms with Crippen LogP contribution in [0.3, 0.4) is 0 Å². The molecule has 0 aliphatic carbocycles. The Labute approximate surface area is 114 Å². The van der Waals surface area contributed by atoms with Crippen molar-refractivity contribution in [1.82, 2.24) is 10.4 Å². The maximum atomic E-state index is 9.87. The number of hydrogen-bond acceptors (Lipinski definition) is 3. The minimum Gasteiger partial charge on any atom is -0.506 e. The number of aromatic hydroxyl groups is 1. The standard InChI is InChI=1S/C14H21ClN2O/c1-10-5-3-6-11(2)17(10)16-9-12-7-4-8-13(15)14(12)18/h4,7-8,10-11,16,18H,3,5-6,9H2,1-2H3. The zero-order chi connectivity index (χ0) is 13.1. The largest absolute Gasteiger partial charge is 0.506 e. The molecular formula is C14H21ClN2O. The van der Waals surface area contributed by atoms with Crippen LogP contribution in [-0.2, 0) is 6.54 Å². The van der Waals surface area contributed by atoms with Gasteiger partial charge in [-0.2, -0.15) is 0 Å². The van der Waals surface area contributed by atoms with Crippen LogP contribution >= 0.6 is 11.6 Å². The van der Waals surface area contributed by atoms with E-state index in [0.717, 1.165) is 5.56 Å². The minimum absolute atomic E-state index is 0.184. The molecule has 1 aromatic carbocycles. The van der Waals surface area contributed by atoms with Crippen LogP contribution in [0.15, 0.2) is 18.2 Å². The highest BCUT2D eigenvalue weighted by molar-refractivity contribution is 6.32. The normalized spacial score (nSPS) is 25.3. The number of phenolic OH excluding ortho intramolecular Hbond substituents is 1. The van der Waals surface area contributed by atoms with Crippen molar-refractivity contribution < 1.29 is 5.11 Å². The van der Waals surface area contributed by atoms with Crippen LogP contribution in [0.1, 0.15) is 38.7 Å². The van der Waals surface area contributed by atoms with E-state index in [1.165, 1.54) is 19.3 Å². The summed E-state index contributed by atoms with van der Waals surface area (Å²) in [6.45, 7) is 5.09. The van der Waals surface area contributed by atoms with E-state index in [9.17, 15) is 5.11 Å². The van der Waals surface area contributed by atoms with Crippen molar-refractivity contribution in [1.29, 1.82) is 0 Å². The number of halogens is 1. The topological polar surface area (TPSA) is 35.5 Å². The van der Waals surface area contributed by atoms with Gasteiger partial charge >= 0.3 is 0 Å². The summed E-state index contributed by atoms with van der Waals surface area (Å²) in [6, 6.07) is 6.53. The number of hydrogen-bond donors (Lipinski definition) is 2. The highest BCUT2D eigenvalue weighted by Crippen LogP contribution is 2.27. The number of rotatable bonds is 3. The third-order valence-electron chi connectivity index (χ3n) is 3.72. The van der Waals surface area contributed by atoms with Gasteiger partial charge in [-0.25, -0.2) is 5.01 Å². The van der Waals surface area contributed by atoms with E-state index in [2.05, 4.69) is 24.3 Å². The van der Waals surface area contributed by atoms with E-state index in [1.807, 2.05) is 12.1 Å². The smallest absolute Gasteiger partial charge is 0.138 e. The van der Waals surface area contributed by atoms with Crippen molar-refractivity contribution in [3.05, 3.63) is 28.8 Å². The van der Waals surface area contributed by atoms with E-state index in [0.29, 0.717) is 23.7 Å². The van der Waals surface area contributed by atoms with E-state index in [1.54, 1.807) is 6.07 Å². The highest BCUT2D eigenvalue weighted by Gasteiger charge is 2.24. The average molecular weight is 269 g/mol. The van der Waals surface area contributed by atoms with E-state index >= 15 is 0 Å². The monoisotopic (exact) mass is 268 g/mol. The molecule has 100 valence electrons. The number of benzene rings is 1. The lowest BCUT2D eigenvalue weighted by atomic mass is 10.00. The summed E-state index contributed by atoms with van der Waals surface area (Å²) >= 11 is 5.90. The summed E-state index contributed by atoms with van der Waals surface area (Å²) in [7, 11) is 0. The molecule has 1 saturated heterocycles. The van der Waals surface area contributed by atoms with E-state index < -0.39 is 0 Å². The Morgan fingerprint density at radius 3 is 2.67 bits per heavy atom. The molecule has 18 heavy (non-hydrogen) atoms. The molecule has 2 rings (SSSR count). The molecule has 2 N–H and O–H groups in total. The molecule has 1 aromatic rings. The lowest BCUT2D eigenvalue weighted by molar-refractivity contribution is 0.0433. The van der Waals surface area contributed by atoms with Crippen molar-refractivity contribution in [3.8, 4) is 5.75 Å². The molecule has 1 aliphatic heterocycles. The van der Waals surface area contributed by atoms with Crippen LogP contribution < -0.4 is 5.43 Å². The average Bonchev–Trinajstić information content (AvgIpc) is 2.33. The Morgan fingerprint density at radius 1 is 1.33 bits per heavy atom. The van der Waals surface area contributed by atoms with Gasteiger partial charge in [0.1, 0.15) is 5.75 Å². The second-order valence-corrected chi connectivity index (χ2v) is 5.53. The fourth-order valence-electron chi connectivity index (χ4n) is 2.61. The van der Waals surface area contributed by atoms with Crippen LogP contribution in [0.2, 0.25) is 5.02 Å². The first kappa shape index (κ1) is 13.7. The van der Waals surface area contributed by atoms with Gasteiger partial charge in [-0.1, -0.05) is 30.2 Å². The zero-order valence-electron chi connectivity index (χ0n) is 11.0. The quantitative estimate of drug-likeness (QED) is 0.883. The molecule has 1 fully saturated rings. The Hall–Kier alpha value is -0.770. The van der Waals surface area contributed by atoms with Crippen molar-refractivity contribution in [3.63, 3.8) is 0 Å². The first-order chi connectivity index (χ1) is 8.59. The second kappa shape index (κ2) is 5.91. The minimum atomic E-state index is 0.184. The van der Waals surface area contributed by atoms with Gasteiger partial charge in [0.2, 0.25) is 0 Å². The molecule has 2 atom stereocenters. The molecule has 3 nitrogen and oxygen atoms in total. The molecule has 0 radical (unpaired) electrons. The Bertz CT molecular complexity index is 401. The van der Waals surface area contributed by atoms with Gasteiger partial charge < -0.3 is 5.11 Å². The van der Waals surface area contributed by atoms with E-state index in [-0.39, 0.29) is 5.75 Å². The van der Waals surface area contributed by atoms with E-state index in [4.69, 9.17) is 11.6 Å². The Morgan fingerprint density at radius 2 is 2.00 bits per heavy atom. The number of piperidine rings is 1. The molecule has 0 saturated carbocycles. The third kappa shape index (κ3) is 2.97. The summed E-state index contributed by atoms with van der Waals surface area (Å²) in [5.74, 6) is 0.184. The number of nitrogens with zero attached hydrogens (tertiary/aromatic N) is 1. The molecule has 1 aliphatic rings. The predicted molar refractivity (Wildman–Crippen MR) is 74.6 cm³/mol. The molecule has 0 aromatic heterocycles. The molecule has 0 bridgehead atoms. The van der Waals surface area contributed by atoms with Gasteiger partial charge in [0.25, 0.3) is 0 Å². The fraction of sp³-hybridized carbons (Fsp3) is 0.571. The zero-order valence-corrected chi connectivity index (χ0v) is 11.7. The summed E-state index contributed by atoms with van der Waals surface area (Å²) in [5, 5.41) is 12.6. The first-order valence-electron chi connectivity index (χ1n) is 6.57. The molecule has 2 unspecified atom stereocenters. The van der Waals surface area contributed by atoms with Gasteiger partial charge in [-0.15, -0.1) is 0 Å². The summed E-state index contributed by atoms with van der Waals surface area (Å²) in [4.78, 5) is 0. The molecule has 0 spiro atoms. The van der Waals surface area contributed by atoms with Crippen LogP contribution in [0.5, 0.6) is 5.75 Å². The first-order valence-corrected chi connectivity index (χ1v) is 6.95. The molecule has 4 heteroatoms. The lowest BCUT2D eigenvalue weighted by Gasteiger charge is -2.39. The number of nitrogens with one attached hydrogen (secondary N) is 1. The van der Waals surface area contributed by atoms with Crippen LogP contribution in [0.25, 0.3) is 0 Å². The van der Waals surface area contributed by atoms with Crippen molar-refractivity contribution in [2.45, 2.75) is 51.7 Å². The summed E-state index contributed by atoms with van der Waals surface area (Å²) < 4.78 is 0. The van der Waals surface area contributed by atoms with Crippen LogP contribution in [-0.4, -0.2) is 22.2 Å². The van der Waals surface area contributed by atoms with Gasteiger partial charge in [0.15, 0.2) is 0 Å². The lowest BCUT2D eigenvalue weighted by Crippen LogP contribution is -2.51. The van der Waals surface area contributed by atoms with Crippen molar-refractivity contribution >= 4 is 11.6 Å². The fourth-order valence-corrected chi connectivity index (χ4v) is 2.81. The van der Waals surface area contributed by atoms with Gasteiger partial charge in [-0.3, -0.25) is 5.43 Å². The Kier molecular flexibility index (Phi) is 4.49. The van der Waals surface area contributed by atoms with Gasteiger partial charge in [0, 0.05) is 24.2 Å². The molecule has 0 amide bonds. The van der Waals surface area contributed by atoms with Crippen molar-refractivity contribution in [2.24, 2.45) is 0 Å². The second-order valence-electron chi connectivity index (χ2n) is 5.12. The highest BCUT2D eigenvalue weighted by atomic mass is 35.5. The maximum Gasteiger partial charge on any atom is 0.138 e. The number of hydrazine groups is 1. The van der Waals surface area contributed by atoms with Crippen LogP contribution in [0, 0.1) is 0 Å². The number of phenols is 1.